The monoisotopic (exact) mass is 304 g/mol. The van der Waals surface area contributed by atoms with Crippen LogP contribution in [0.3, 0.4) is 0 Å². The van der Waals surface area contributed by atoms with Crippen LogP contribution in [0.2, 0.25) is 0 Å². The van der Waals surface area contributed by atoms with Crippen molar-refractivity contribution in [2.45, 2.75) is 38.6 Å². The van der Waals surface area contributed by atoms with Gasteiger partial charge < -0.3 is 9.47 Å². The highest BCUT2D eigenvalue weighted by molar-refractivity contribution is 7.11. The number of carbonyl (C=O) groups excluding carboxylic acids is 1. The Labute approximate surface area is 128 Å². The zero-order valence-corrected chi connectivity index (χ0v) is 13.1. The van der Waals surface area contributed by atoms with E-state index in [2.05, 4.69) is 16.9 Å². The van der Waals surface area contributed by atoms with E-state index in [-0.39, 0.29) is 5.91 Å². The molecule has 0 aliphatic carbocycles. The summed E-state index contributed by atoms with van der Waals surface area (Å²) in [5, 5.41) is 1.18. The fraction of sp³-hybridized carbons (Fsp3) is 0.533. The van der Waals surface area contributed by atoms with Crippen molar-refractivity contribution in [2.24, 2.45) is 0 Å². The Kier molecular flexibility index (Phi) is 4.34. The van der Waals surface area contributed by atoms with E-state index in [1.54, 1.807) is 23.9 Å². The quantitative estimate of drug-likeness (QED) is 0.872. The van der Waals surface area contributed by atoms with E-state index in [9.17, 15) is 4.79 Å². The van der Waals surface area contributed by atoms with E-state index in [0.29, 0.717) is 18.9 Å². The van der Waals surface area contributed by atoms with Gasteiger partial charge in [-0.25, -0.2) is 9.97 Å². The predicted molar refractivity (Wildman–Crippen MR) is 82.3 cm³/mol. The molecule has 0 aromatic carbocycles. The summed E-state index contributed by atoms with van der Waals surface area (Å²) in [7, 11) is 0. The van der Waals surface area contributed by atoms with E-state index in [4.69, 9.17) is 0 Å². The molecule has 1 atom stereocenters. The maximum absolute atomic E-state index is 12.4. The number of nitrogens with zero attached hydrogens (tertiary/aromatic N) is 4. The molecule has 5 nitrogen and oxygen atoms in total. The third-order valence-corrected chi connectivity index (χ3v) is 4.98. The van der Waals surface area contributed by atoms with Crippen LogP contribution in [0.1, 0.15) is 35.1 Å². The van der Waals surface area contributed by atoms with Crippen LogP contribution in [0.15, 0.2) is 24.9 Å². The third kappa shape index (κ3) is 3.50. The Morgan fingerprint density at radius 2 is 2.43 bits per heavy atom. The molecule has 1 fully saturated rings. The smallest absolute Gasteiger partial charge is 0.224 e. The van der Waals surface area contributed by atoms with Gasteiger partial charge in [0.1, 0.15) is 0 Å². The summed E-state index contributed by atoms with van der Waals surface area (Å²) in [6, 6.07) is 0. The number of hydrogen-bond donors (Lipinski definition) is 0. The molecular weight excluding hydrogens is 284 g/mol. The summed E-state index contributed by atoms with van der Waals surface area (Å²) >= 11 is 1.76. The maximum atomic E-state index is 12.4. The molecule has 3 rings (SSSR count). The van der Waals surface area contributed by atoms with Crippen LogP contribution >= 0.6 is 11.3 Å². The first-order valence-corrected chi connectivity index (χ1v) is 8.20. The highest BCUT2D eigenvalue weighted by Gasteiger charge is 2.26. The lowest BCUT2D eigenvalue weighted by molar-refractivity contribution is -0.132. The van der Waals surface area contributed by atoms with Gasteiger partial charge in [0.05, 0.1) is 11.3 Å². The van der Waals surface area contributed by atoms with Crippen molar-refractivity contribution in [3.63, 3.8) is 0 Å². The number of aromatic nitrogens is 3. The van der Waals surface area contributed by atoms with E-state index >= 15 is 0 Å². The van der Waals surface area contributed by atoms with Gasteiger partial charge in [-0.1, -0.05) is 0 Å². The molecule has 0 saturated carbocycles. The molecule has 0 bridgehead atoms. The average molecular weight is 304 g/mol. The largest absolute Gasteiger partial charge is 0.342 e. The molecule has 1 aliphatic rings. The molecule has 2 aromatic rings. The molecule has 0 radical (unpaired) electrons. The maximum Gasteiger partial charge on any atom is 0.224 e. The van der Waals surface area contributed by atoms with Gasteiger partial charge in [-0.05, 0) is 19.8 Å². The number of aryl methyl sites for hydroxylation is 2. The van der Waals surface area contributed by atoms with Crippen molar-refractivity contribution < 1.29 is 4.79 Å². The van der Waals surface area contributed by atoms with Crippen LogP contribution in [0.25, 0.3) is 0 Å². The van der Waals surface area contributed by atoms with Crippen LogP contribution in [-0.4, -0.2) is 38.4 Å². The number of piperidine rings is 1. The highest BCUT2D eigenvalue weighted by atomic mass is 32.1. The SMILES string of the molecule is Cc1cnc([C@@H]2CCCN(C(=O)CCn3ccnc3)C2)s1. The lowest BCUT2D eigenvalue weighted by Gasteiger charge is -2.32. The van der Waals surface area contributed by atoms with Crippen LogP contribution < -0.4 is 0 Å². The second kappa shape index (κ2) is 6.39. The Balaban J connectivity index is 1.56. The molecule has 112 valence electrons. The van der Waals surface area contributed by atoms with E-state index in [1.165, 1.54) is 9.88 Å². The number of rotatable bonds is 4. The van der Waals surface area contributed by atoms with Crippen molar-refractivity contribution in [3.8, 4) is 0 Å². The van der Waals surface area contributed by atoms with Crippen molar-refractivity contribution in [3.05, 3.63) is 34.8 Å². The molecule has 0 spiro atoms. The lowest BCUT2D eigenvalue weighted by atomic mass is 9.98. The Hall–Kier alpha value is -1.69. The normalized spacial score (nSPS) is 18.9. The molecule has 1 saturated heterocycles. The van der Waals surface area contributed by atoms with Crippen molar-refractivity contribution in [1.82, 2.24) is 19.4 Å². The number of imidazole rings is 1. The number of hydrogen-bond acceptors (Lipinski definition) is 4. The van der Waals surface area contributed by atoms with E-state index in [0.717, 1.165) is 25.9 Å². The third-order valence-electron chi connectivity index (χ3n) is 3.91. The highest BCUT2D eigenvalue weighted by Crippen LogP contribution is 2.29. The van der Waals surface area contributed by atoms with Crippen LogP contribution in [0, 0.1) is 6.92 Å². The summed E-state index contributed by atoms with van der Waals surface area (Å²) in [5.41, 5.74) is 0. The summed E-state index contributed by atoms with van der Waals surface area (Å²) in [5.74, 6) is 0.649. The predicted octanol–water partition coefficient (Wildman–Crippen LogP) is 2.44. The summed E-state index contributed by atoms with van der Waals surface area (Å²) < 4.78 is 1.95. The second-order valence-electron chi connectivity index (χ2n) is 5.54. The van der Waals surface area contributed by atoms with Gasteiger partial charge in [0, 0.05) is 55.4 Å². The van der Waals surface area contributed by atoms with Crippen molar-refractivity contribution >= 4 is 17.2 Å². The summed E-state index contributed by atoms with van der Waals surface area (Å²) in [6.45, 7) is 4.48. The fourth-order valence-electron chi connectivity index (χ4n) is 2.77. The lowest BCUT2D eigenvalue weighted by Crippen LogP contribution is -2.39. The first-order valence-electron chi connectivity index (χ1n) is 7.38. The first kappa shape index (κ1) is 14.3. The molecular formula is C15H20N4OS. The minimum atomic E-state index is 0.238. The molecule has 2 aromatic heterocycles. The van der Waals surface area contributed by atoms with Crippen LogP contribution in [0.4, 0.5) is 0 Å². The Morgan fingerprint density at radius 3 is 3.14 bits per heavy atom. The van der Waals surface area contributed by atoms with Crippen LogP contribution in [-0.2, 0) is 11.3 Å². The topological polar surface area (TPSA) is 51.0 Å². The van der Waals surface area contributed by atoms with Gasteiger partial charge in [0.2, 0.25) is 5.91 Å². The zero-order chi connectivity index (χ0) is 14.7. The number of likely N-dealkylation sites (tertiary alicyclic amines) is 1. The number of carbonyl (C=O) groups is 1. The molecule has 21 heavy (non-hydrogen) atoms. The molecule has 1 aliphatic heterocycles. The van der Waals surface area contributed by atoms with Gasteiger partial charge in [0.15, 0.2) is 0 Å². The Bertz CT molecular complexity index is 593. The summed E-state index contributed by atoms with van der Waals surface area (Å²) in [4.78, 5) is 24.1. The minimum absolute atomic E-state index is 0.238. The second-order valence-corrected chi connectivity index (χ2v) is 6.80. The molecule has 3 heterocycles. The standard InChI is InChI=1S/C15H20N4OS/c1-12-9-17-15(21-12)13-3-2-6-19(10-13)14(20)4-7-18-8-5-16-11-18/h5,8-9,11,13H,2-4,6-7,10H2,1H3/t13-/m1/s1. The van der Waals surface area contributed by atoms with Gasteiger partial charge in [-0.2, -0.15) is 0 Å². The van der Waals surface area contributed by atoms with E-state index < -0.39 is 0 Å². The molecule has 0 unspecified atom stereocenters. The van der Waals surface area contributed by atoms with Gasteiger partial charge >= 0.3 is 0 Å². The van der Waals surface area contributed by atoms with Crippen molar-refractivity contribution in [2.75, 3.05) is 13.1 Å². The van der Waals surface area contributed by atoms with Crippen LogP contribution in [0.5, 0.6) is 0 Å². The Morgan fingerprint density at radius 1 is 1.52 bits per heavy atom. The van der Waals surface area contributed by atoms with Gasteiger partial charge in [-0.3, -0.25) is 4.79 Å². The minimum Gasteiger partial charge on any atom is -0.342 e. The van der Waals surface area contributed by atoms with Gasteiger partial charge in [-0.15, -0.1) is 11.3 Å². The fourth-order valence-corrected chi connectivity index (χ4v) is 3.67. The number of amides is 1. The summed E-state index contributed by atoms with van der Waals surface area (Å²) in [6.07, 6.45) is 10.1. The van der Waals surface area contributed by atoms with Gasteiger partial charge in [0.25, 0.3) is 0 Å². The molecule has 1 amide bonds. The molecule has 0 N–H and O–H groups in total. The number of thiazole rings is 1. The van der Waals surface area contributed by atoms with E-state index in [1.807, 2.05) is 21.9 Å². The molecule has 6 heteroatoms. The average Bonchev–Trinajstić information content (AvgIpc) is 3.16. The zero-order valence-electron chi connectivity index (χ0n) is 12.2. The first-order chi connectivity index (χ1) is 10.2. The van der Waals surface area contributed by atoms with Crippen molar-refractivity contribution in [1.29, 1.82) is 0 Å².